The SMILES string of the molecule is C=CCN(C(=O)[C@@H]1[C@@H]2CCC3(S2)C(C(=O)N(CC=C)c2c(C)cccc2C)N([C@H](C)CO)C(=O)[C@H]13)c1ccc(OCC)cc1. The molecule has 3 saturated heterocycles. The van der Waals surface area contributed by atoms with E-state index in [2.05, 4.69) is 13.2 Å². The number of para-hydroxylation sites is 1. The number of hydrogen-bond acceptors (Lipinski definition) is 6. The van der Waals surface area contributed by atoms with Gasteiger partial charge in [-0.15, -0.1) is 24.9 Å². The van der Waals surface area contributed by atoms with Crippen LogP contribution in [-0.4, -0.2) is 76.1 Å². The summed E-state index contributed by atoms with van der Waals surface area (Å²) in [6.45, 7) is 16.3. The number of thioether (sulfide) groups is 1. The predicted molar refractivity (Wildman–Crippen MR) is 176 cm³/mol. The minimum atomic E-state index is -0.827. The van der Waals surface area contributed by atoms with Gasteiger partial charge in [0.25, 0.3) is 5.91 Å². The van der Waals surface area contributed by atoms with Gasteiger partial charge in [-0.2, -0.15) is 0 Å². The van der Waals surface area contributed by atoms with Gasteiger partial charge in [0.05, 0.1) is 35.8 Å². The van der Waals surface area contributed by atoms with Crippen LogP contribution in [-0.2, 0) is 14.4 Å². The zero-order chi connectivity index (χ0) is 31.8. The van der Waals surface area contributed by atoms with E-state index in [1.165, 1.54) is 0 Å². The van der Waals surface area contributed by atoms with Crippen LogP contribution in [0, 0.1) is 25.7 Å². The Balaban J connectivity index is 1.56. The number of anilines is 2. The van der Waals surface area contributed by atoms with Gasteiger partial charge in [-0.05, 0) is 75.9 Å². The first kappa shape index (κ1) is 31.9. The molecule has 1 spiro atoms. The van der Waals surface area contributed by atoms with Gasteiger partial charge in [0.1, 0.15) is 11.8 Å². The first-order valence-electron chi connectivity index (χ1n) is 15.4. The standard InChI is InChI=1S/C35H43N3O5S/c1-7-19-36(25-13-15-26(16-14-25)43-9-3)32(40)28-27-17-18-35(44-27)29(28)33(41)38(24(6)21-39)31(35)34(42)37(20-8-2)30-22(4)11-10-12-23(30)5/h7-8,10-16,24,27-29,31,39H,1-2,9,17-21H2,3-6H3/t24-,27+,28-,29+,31?,35?/m1/s1. The Morgan fingerprint density at radius 1 is 1.09 bits per heavy atom. The number of benzene rings is 2. The van der Waals surface area contributed by atoms with Gasteiger partial charge in [-0.25, -0.2) is 0 Å². The number of likely N-dealkylation sites (tertiary alicyclic amines) is 1. The van der Waals surface area contributed by atoms with Crippen molar-refractivity contribution in [2.45, 2.75) is 62.6 Å². The lowest BCUT2D eigenvalue weighted by Crippen LogP contribution is -2.57. The topological polar surface area (TPSA) is 90.4 Å². The number of nitrogens with zero attached hydrogens (tertiary/aromatic N) is 3. The molecule has 9 heteroatoms. The molecule has 44 heavy (non-hydrogen) atoms. The van der Waals surface area contributed by atoms with E-state index in [4.69, 9.17) is 4.74 Å². The number of hydrogen-bond donors (Lipinski definition) is 1. The maximum absolute atomic E-state index is 14.8. The zero-order valence-corrected chi connectivity index (χ0v) is 26.9. The first-order chi connectivity index (χ1) is 21.1. The van der Waals surface area contributed by atoms with Crippen molar-refractivity contribution in [3.05, 3.63) is 78.9 Å². The van der Waals surface area contributed by atoms with Crippen molar-refractivity contribution in [1.82, 2.24) is 4.90 Å². The monoisotopic (exact) mass is 617 g/mol. The van der Waals surface area contributed by atoms with Crippen molar-refractivity contribution in [2.24, 2.45) is 11.8 Å². The summed E-state index contributed by atoms with van der Waals surface area (Å²) in [7, 11) is 0. The molecule has 2 bridgehead atoms. The Hall–Kier alpha value is -3.56. The van der Waals surface area contributed by atoms with Crippen LogP contribution >= 0.6 is 11.8 Å². The Bertz CT molecular complexity index is 1420. The Morgan fingerprint density at radius 2 is 1.73 bits per heavy atom. The summed E-state index contributed by atoms with van der Waals surface area (Å²) >= 11 is 1.63. The highest BCUT2D eigenvalue weighted by atomic mass is 32.2. The third kappa shape index (κ3) is 5.13. The maximum atomic E-state index is 14.8. The number of amides is 3. The second kappa shape index (κ2) is 12.8. The number of rotatable bonds is 12. The average Bonchev–Trinajstić information content (AvgIpc) is 3.66. The summed E-state index contributed by atoms with van der Waals surface area (Å²) in [6, 6.07) is 11.9. The van der Waals surface area contributed by atoms with Crippen molar-refractivity contribution in [2.75, 3.05) is 36.1 Å². The normalized spacial score (nSPS) is 25.8. The van der Waals surface area contributed by atoms with Gasteiger partial charge >= 0.3 is 0 Å². The van der Waals surface area contributed by atoms with Crippen molar-refractivity contribution in [1.29, 1.82) is 0 Å². The summed E-state index contributed by atoms with van der Waals surface area (Å²) in [5.41, 5.74) is 3.41. The fourth-order valence-corrected chi connectivity index (χ4v) is 9.73. The van der Waals surface area contributed by atoms with Crippen molar-refractivity contribution in [3.63, 3.8) is 0 Å². The molecule has 0 aliphatic carbocycles. The number of aryl methyl sites for hydroxylation is 2. The van der Waals surface area contributed by atoms with E-state index in [1.807, 2.05) is 63.2 Å². The summed E-state index contributed by atoms with van der Waals surface area (Å²) in [4.78, 5) is 48.8. The molecule has 3 aliphatic rings. The van der Waals surface area contributed by atoms with Crippen molar-refractivity contribution >= 4 is 40.9 Å². The van der Waals surface area contributed by atoms with E-state index < -0.39 is 28.7 Å². The summed E-state index contributed by atoms with van der Waals surface area (Å²) in [5, 5.41) is 10.2. The second-order valence-corrected chi connectivity index (χ2v) is 13.6. The lowest BCUT2D eigenvalue weighted by atomic mass is 9.70. The summed E-state index contributed by atoms with van der Waals surface area (Å²) in [5.74, 6) is -1.15. The van der Waals surface area contributed by atoms with Crippen LogP contribution in [0.5, 0.6) is 5.75 Å². The van der Waals surface area contributed by atoms with Crippen LogP contribution in [0.2, 0.25) is 0 Å². The Kier molecular flexibility index (Phi) is 9.28. The molecule has 8 nitrogen and oxygen atoms in total. The Morgan fingerprint density at radius 3 is 2.32 bits per heavy atom. The second-order valence-electron chi connectivity index (χ2n) is 12.0. The molecule has 3 amide bonds. The smallest absolute Gasteiger partial charge is 0.251 e. The minimum Gasteiger partial charge on any atom is -0.494 e. The molecule has 234 valence electrons. The maximum Gasteiger partial charge on any atom is 0.251 e. The van der Waals surface area contributed by atoms with Gasteiger partial charge in [-0.3, -0.25) is 14.4 Å². The molecule has 5 rings (SSSR count). The molecule has 3 fully saturated rings. The van der Waals surface area contributed by atoms with Crippen LogP contribution in [0.15, 0.2) is 67.8 Å². The molecule has 2 unspecified atom stereocenters. The quantitative estimate of drug-likeness (QED) is 0.341. The van der Waals surface area contributed by atoms with E-state index in [1.54, 1.807) is 45.5 Å². The fraction of sp³-hybridized carbons (Fsp3) is 0.457. The lowest BCUT2D eigenvalue weighted by Gasteiger charge is -2.39. The van der Waals surface area contributed by atoms with Gasteiger partial charge in [-0.1, -0.05) is 30.4 Å². The third-order valence-electron chi connectivity index (χ3n) is 9.32. The van der Waals surface area contributed by atoms with E-state index in [-0.39, 0.29) is 42.7 Å². The van der Waals surface area contributed by atoms with E-state index in [0.717, 1.165) is 23.2 Å². The lowest BCUT2D eigenvalue weighted by molar-refractivity contribution is -0.141. The molecule has 6 atom stereocenters. The van der Waals surface area contributed by atoms with Crippen molar-refractivity contribution < 1.29 is 24.2 Å². The summed E-state index contributed by atoms with van der Waals surface area (Å²) in [6.07, 6.45) is 4.76. The molecular formula is C35H43N3O5S. The highest BCUT2D eigenvalue weighted by molar-refractivity contribution is 8.02. The van der Waals surface area contributed by atoms with Gasteiger partial charge in [0, 0.05) is 29.7 Å². The molecule has 2 aromatic rings. The first-order valence-corrected chi connectivity index (χ1v) is 16.3. The van der Waals surface area contributed by atoms with E-state index in [0.29, 0.717) is 24.5 Å². The number of carbonyl (C=O) groups excluding carboxylic acids is 3. The fourth-order valence-electron chi connectivity index (χ4n) is 7.53. The zero-order valence-electron chi connectivity index (χ0n) is 26.1. The number of ether oxygens (including phenoxy) is 1. The van der Waals surface area contributed by atoms with Crippen molar-refractivity contribution in [3.8, 4) is 5.75 Å². The number of aliphatic hydroxyl groups excluding tert-OH is 1. The van der Waals surface area contributed by atoms with Crippen LogP contribution in [0.25, 0.3) is 0 Å². The molecule has 0 saturated carbocycles. The molecule has 0 radical (unpaired) electrons. The number of carbonyl (C=O) groups is 3. The van der Waals surface area contributed by atoms with E-state index >= 15 is 0 Å². The van der Waals surface area contributed by atoms with Gasteiger partial charge in [0.15, 0.2) is 0 Å². The van der Waals surface area contributed by atoms with E-state index in [9.17, 15) is 19.5 Å². The van der Waals surface area contributed by atoms with Crippen LogP contribution in [0.1, 0.15) is 37.8 Å². The Labute approximate surface area is 264 Å². The van der Waals surface area contributed by atoms with Gasteiger partial charge in [0.2, 0.25) is 11.8 Å². The molecule has 3 aliphatic heterocycles. The van der Waals surface area contributed by atoms with Crippen LogP contribution in [0.3, 0.4) is 0 Å². The molecule has 3 heterocycles. The summed E-state index contributed by atoms with van der Waals surface area (Å²) < 4.78 is 4.81. The van der Waals surface area contributed by atoms with Crippen LogP contribution < -0.4 is 14.5 Å². The largest absolute Gasteiger partial charge is 0.494 e. The highest BCUT2D eigenvalue weighted by Gasteiger charge is 2.74. The number of aliphatic hydroxyl groups is 1. The van der Waals surface area contributed by atoms with Gasteiger partial charge < -0.3 is 24.5 Å². The molecule has 2 aromatic carbocycles. The van der Waals surface area contributed by atoms with Crippen LogP contribution in [0.4, 0.5) is 11.4 Å². The third-order valence-corrected chi connectivity index (χ3v) is 11.3. The average molecular weight is 618 g/mol. The highest BCUT2D eigenvalue weighted by Crippen LogP contribution is 2.67. The number of fused-ring (bicyclic) bond motifs is 1. The molecule has 0 aromatic heterocycles. The minimum absolute atomic E-state index is 0.0959. The molecule has 1 N–H and O–H groups in total. The molecular weight excluding hydrogens is 574 g/mol. The predicted octanol–water partition coefficient (Wildman–Crippen LogP) is 4.91.